The van der Waals surface area contributed by atoms with Gasteiger partial charge in [-0.1, -0.05) is 377 Å². The van der Waals surface area contributed by atoms with Gasteiger partial charge in [-0.2, -0.15) is 0 Å². The molecular formula is C71H134O4. The van der Waals surface area contributed by atoms with Gasteiger partial charge in [0.2, 0.25) is 0 Å². The fourth-order valence-corrected chi connectivity index (χ4v) is 11.4. The van der Waals surface area contributed by atoms with Gasteiger partial charge in [-0.3, -0.25) is 0 Å². The maximum absolute atomic E-state index is 10.5. The second-order valence-corrected chi connectivity index (χ2v) is 24.0. The molecule has 0 fully saturated rings. The Kier molecular flexibility index (Phi) is 66.6. The molecule has 0 rings (SSSR count). The lowest BCUT2D eigenvalue weighted by molar-refractivity contribution is -0.132. The number of carboxylic acid groups (broad SMARTS) is 2. The van der Waals surface area contributed by atoms with E-state index in [1.807, 2.05) is 0 Å². The van der Waals surface area contributed by atoms with Crippen molar-refractivity contribution in [3.63, 3.8) is 0 Å². The molecule has 0 aromatic heterocycles. The number of hydrogen-bond donors (Lipinski definition) is 2. The van der Waals surface area contributed by atoms with Gasteiger partial charge < -0.3 is 10.2 Å². The lowest BCUT2D eigenvalue weighted by atomic mass is 10.0. The molecule has 0 amide bonds. The molecule has 4 nitrogen and oxygen atoms in total. The van der Waals surface area contributed by atoms with Crippen LogP contribution in [0.5, 0.6) is 0 Å². The van der Waals surface area contributed by atoms with Gasteiger partial charge in [0, 0.05) is 12.2 Å². The van der Waals surface area contributed by atoms with Crippen molar-refractivity contribution in [2.24, 2.45) is 0 Å². The van der Waals surface area contributed by atoms with Crippen molar-refractivity contribution in [1.29, 1.82) is 0 Å². The third-order valence-electron chi connectivity index (χ3n) is 16.4. The van der Waals surface area contributed by atoms with Crippen molar-refractivity contribution < 1.29 is 19.8 Å². The number of aliphatic carboxylic acids is 2. The number of carbonyl (C=O) groups is 2. The van der Waals surface area contributed by atoms with E-state index in [4.69, 9.17) is 10.2 Å². The lowest BCUT2D eigenvalue weighted by Gasteiger charge is -2.05. The number of carboxylic acids is 2. The minimum Gasteiger partial charge on any atom is -0.478 e. The Bertz CT molecular complexity index is 1170. The van der Waals surface area contributed by atoms with E-state index in [1.165, 1.54) is 391 Å². The average Bonchev–Trinajstić information content (AvgIpc) is 3.40. The summed E-state index contributed by atoms with van der Waals surface area (Å²) in [6, 6.07) is 0. The molecule has 75 heavy (non-hydrogen) atoms. The molecule has 0 unspecified atom stereocenters. The highest BCUT2D eigenvalue weighted by Gasteiger charge is 2.01. The van der Waals surface area contributed by atoms with Crippen LogP contribution in [0.1, 0.15) is 405 Å². The Morgan fingerprint density at radius 2 is 0.253 bits per heavy atom. The topological polar surface area (TPSA) is 74.6 Å². The third kappa shape index (κ3) is 72.2. The summed E-state index contributed by atoms with van der Waals surface area (Å²) in [4.78, 5) is 20.9. The monoisotopic (exact) mass is 1050 g/mol. The van der Waals surface area contributed by atoms with Crippen molar-refractivity contribution >= 4 is 11.9 Å². The molecule has 0 atom stereocenters. The number of rotatable bonds is 67. The van der Waals surface area contributed by atoms with Crippen LogP contribution in [0, 0.1) is 0 Å². The smallest absolute Gasteiger partial charge is 0.327 e. The Labute approximate surface area is 470 Å². The Balaban J connectivity index is 3.11. The second-order valence-electron chi connectivity index (χ2n) is 24.0. The van der Waals surface area contributed by atoms with E-state index in [9.17, 15) is 9.59 Å². The molecule has 0 aliphatic carbocycles. The second kappa shape index (κ2) is 68.3. The quantitative estimate of drug-likeness (QED) is 0.0362. The summed E-state index contributed by atoms with van der Waals surface area (Å²) in [5, 5.41) is 17.2. The average molecular weight is 1050 g/mol. The van der Waals surface area contributed by atoms with E-state index in [0.717, 1.165) is 25.7 Å². The summed E-state index contributed by atoms with van der Waals surface area (Å²) < 4.78 is 0. The van der Waals surface area contributed by atoms with Crippen molar-refractivity contribution in [2.75, 3.05) is 0 Å². The van der Waals surface area contributed by atoms with Gasteiger partial charge in [0.25, 0.3) is 0 Å². The number of hydrogen-bond acceptors (Lipinski definition) is 2. The van der Waals surface area contributed by atoms with Crippen molar-refractivity contribution in [2.45, 2.75) is 405 Å². The summed E-state index contributed by atoms with van der Waals surface area (Å²) in [5.74, 6) is -1.66. The molecule has 0 aliphatic heterocycles. The van der Waals surface area contributed by atoms with Crippen LogP contribution >= 0.6 is 0 Å². The normalized spacial score (nSPS) is 11.9. The van der Waals surface area contributed by atoms with Crippen LogP contribution in [-0.4, -0.2) is 22.2 Å². The summed E-state index contributed by atoms with van der Waals surface area (Å²) in [7, 11) is 0. The van der Waals surface area contributed by atoms with Crippen molar-refractivity contribution in [3.8, 4) is 0 Å². The molecule has 2 N–H and O–H groups in total. The minimum atomic E-state index is -0.837. The first kappa shape index (κ1) is 73.2. The number of allylic oxidation sites excluding steroid dienone is 4. The van der Waals surface area contributed by atoms with Crippen LogP contribution in [0.3, 0.4) is 0 Å². The van der Waals surface area contributed by atoms with Gasteiger partial charge in [-0.15, -0.1) is 0 Å². The standard InChI is InChI=1S/C71H134O4/c72-70(73)68-66-64-62-60-58-56-54-52-50-48-46-44-42-40-38-36-34-32-30-28-26-24-22-20-18-16-14-12-10-8-6-4-2-1-3-5-7-9-11-13-15-17-19-21-23-25-27-29-31-33-35-37-39-41-43-45-47-49-51-53-55-57-59-61-63-65-67-69-71(74)75/h50,52,66-69H,1-49,51,53-65H2,(H,72,73)(H,74,75). The van der Waals surface area contributed by atoms with Crippen molar-refractivity contribution in [3.05, 3.63) is 36.5 Å². The molecular weight excluding hydrogens is 917 g/mol. The van der Waals surface area contributed by atoms with E-state index >= 15 is 0 Å². The lowest BCUT2D eigenvalue weighted by Crippen LogP contribution is -1.86. The molecule has 0 spiro atoms. The predicted molar refractivity (Wildman–Crippen MR) is 334 cm³/mol. The molecule has 4 heteroatoms. The first-order valence-corrected chi connectivity index (χ1v) is 34.6. The first-order chi connectivity index (χ1) is 37.1. The van der Waals surface area contributed by atoms with Gasteiger partial charge in [0.1, 0.15) is 0 Å². The minimum absolute atomic E-state index is 0.828. The molecule has 442 valence electrons. The fraction of sp³-hybridized carbons (Fsp3) is 0.887. The molecule has 0 aromatic carbocycles. The third-order valence-corrected chi connectivity index (χ3v) is 16.4. The van der Waals surface area contributed by atoms with E-state index in [-0.39, 0.29) is 0 Å². The maximum atomic E-state index is 10.5. The molecule has 0 saturated heterocycles. The molecule has 0 heterocycles. The summed E-state index contributed by atoms with van der Waals surface area (Å²) >= 11 is 0. The highest BCUT2D eigenvalue weighted by atomic mass is 16.4. The van der Waals surface area contributed by atoms with Gasteiger partial charge in [0.05, 0.1) is 0 Å². The Morgan fingerprint density at radius 3 is 0.360 bits per heavy atom. The SMILES string of the molecule is O=C(O)C=CCCCCCCC=CCCCCCCCCCCCCCCCCCCCCCCCCCCCCCCCCCCCCCCCCCCCCCCCCCCCCCCCCCC=CC(=O)O. The van der Waals surface area contributed by atoms with Crippen LogP contribution in [0.15, 0.2) is 36.5 Å². The zero-order valence-electron chi connectivity index (χ0n) is 50.7. The first-order valence-electron chi connectivity index (χ1n) is 34.6. The highest BCUT2D eigenvalue weighted by Crippen LogP contribution is 2.20. The zero-order valence-corrected chi connectivity index (χ0v) is 50.7. The van der Waals surface area contributed by atoms with Gasteiger partial charge >= 0.3 is 11.9 Å². The van der Waals surface area contributed by atoms with Crippen molar-refractivity contribution in [1.82, 2.24) is 0 Å². The molecule has 0 saturated carbocycles. The maximum Gasteiger partial charge on any atom is 0.327 e. The summed E-state index contributed by atoms with van der Waals surface area (Å²) in [6.07, 6.45) is 99.4. The zero-order chi connectivity index (χ0) is 53.9. The van der Waals surface area contributed by atoms with E-state index < -0.39 is 11.9 Å². The van der Waals surface area contributed by atoms with E-state index in [1.54, 1.807) is 12.2 Å². The largest absolute Gasteiger partial charge is 0.478 e. The van der Waals surface area contributed by atoms with Crippen LogP contribution in [0.25, 0.3) is 0 Å². The van der Waals surface area contributed by atoms with Crippen LogP contribution in [0.4, 0.5) is 0 Å². The van der Waals surface area contributed by atoms with Crippen LogP contribution in [-0.2, 0) is 9.59 Å². The van der Waals surface area contributed by atoms with E-state index in [0.29, 0.717) is 0 Å². The molecule has 0 bridgehead atoms. The highest BCUT2D eigenvalue weighted by molar-refractivity contribution is 5.79. The van der Waals surface area contributed by atoms with Crippen LogP contribution in [0.2, 0.25) is 0 Å². The number of unbranched alkanes of at least 4 members (excludes halogenated alkanes) is 61. The van der Waals surface area contributed by atoms with E-state index in [2.05, 4.69) is 12.2 Å². The van der Waals surface area contributed by atoms with Gasteiger partial charge in [-0.05, 0) is 51.4 Å². The van der Waals surface area contributed by atoms with Crippen LogP contribution < -0.4 is 0 Å². The summed E-state index contributed by atoms with van der Waals surface area (Å²) in [5.41, 5.74) is 0. The van der Waals surface area contributed by atoms with Gasteiger partial charge in [-0.25, -0.2) is 9.59 Å². The Hall–Kier alpha value is -1.84. The molecule has 0 aliphatic rings. The predicted octanol–water partition coefficient (Wildman–Crippen LogP) is 25.4. The fourth-order valence-electron chi connectivity index (χ4n) is 11.4. The summed E-state index contributed by atoms with van der Waals surface area (Å²) in [6.45, 7) is 0. The molecule has 0 aromatic rings. The van der Waals surface area contributed by atoms with Gasteiger partial charge in [0.15, 0.2) is 0 Å². The molecule has 0 radical (unpaired) electrons. The Morgan fingerprint density at radius 1 is 0.160 bits per heavy atom.